The Morgan fingerprint density at radius 2 is 1.81 bits per heavy atom. The normalized spacial score (nSPS) is 17.2. The van der Waals surface area contributed by atoms with Gasteiger partial charge in [0.1, 0.15) is 0 Å². The van der Waals surface area contributed by atoms with Crippen molar-refractivity contribution in [2.75, 3.05) is 6.54 Å². The van der Waals surface area contributed by atoms with Gasteiger partial charge in [-0.1, -0.05) is 44.4 Å². The van der Waals surface area contributed by atoms with Gasteiger partial charge in [0.25, 0.3) is 5.91 Å². The lowest BCUT2D eigenvalue weighted by atomic mass is 9.93. The van der Waals surface area contributed by atoms with Gasteiger partial charge in [-0.15, -0.1) is 0 Å². The summed E-state index contributed by atoms with van der Waals surface area (Å²) < 4.78 is 0. The number of carboxylic acids is 1. The van der Waals surface area contributed by atoms with Crippen molar-refractivity contribution >= 4 is 11.9 Å². The van der Waals surface area contributed by atoms with Crippen molar-refractivity contribution in [1.82, 2.24) is 4.90 Å². The molecule has 0 radical (unpaired) electrons. The molecule has 1 fully saturated rings. The molecule has 1 N–H and O–H groups in total. The molecule has 0 aliphatic heterocycles. The first-order chi connectivity index (χ1) is 10.1. The molecule has 1 amide bonds. The molecule has 1 unspecified atom stereocenters. The smallest absolute Gasteiger partial charge is 0.308 e. The summed E-state index contributed by atoms with van der Waals surface area (Å²) in [7, 11) is 0. The van der Waals surface area contributed by atoms with E-state index in [-0.39, 0.29) is 18.5 Å². The maximum absolute atomic E-state index is 12.7. The molecule has 21 heavy (non-hydrogen) atoms. The van der Waals surface area contributed by atoms with E-state index in [0.717, 1.165) is 25.7 Å². The Morgan fingerprint density at radius 1 is 1.19 bits per heavy atom. The van der Waals surface area contributed by atoms with E-state index in [1.165, 1.54) is 6.42 Å². The first-order valence-electron chi connectivity index (χ1n) is 7.68. The lowest BCUT2D eigenvalue weighted by Gasteiger charge is -2.35. The van der Waals surface area contributed by atoms with Gasteiger partial charge in [0.05, 0.1) is 5.92 Å². The lowest BCUT2D eigenvalue weighted by molar-refractivity contribution is -0.141. The molecule has 4 nitrogen and oxygen atoms in total. The van der Waals surface area contributed by atoms with Crippen LogP contribution in [-0.4, -0.2) is 34.5 Å². The number of aliphatic carboxylic acids is 1. The number of amides is 1. The van der Waals surface area contributed by atoms with E-state index in [9.17, 15) is 9.59 Å². The van der Waals surface area contributed by atoms with Crippen molar-refractivity contribution in [3.05, 3.63) is 35.9 Å². The van der Waals surface area contributed by atoms with Crippen LogP contribution in [0.25, 0.3) is 0 Å². The number of rotatable bonds is 5. The number of nitrogens with zero attached hydrogens (tertiary/aromatic N) is 1. The number of benzene rings is 1. The predicted molar refractivity (Wildman–Crippen MR) is 81.2 cm³/mol. The zero-order valence-corrected chi connectivity index (χ0v) is 12.5. The fourth-order valence-electron chi connectivity index (χ4n) is 2.91. The molecule has 0 heterocycles. The Kier molecular flexibility index (Phi) is 5.37. The van der Waals surface area contributed by atoms with Gasteiger partial charge < -0.3 is 10.0 Å². The van der Waals surface area contributed by atoms with E-state index in [0.29, 0.717) is 5.56 Å². The molecule has 0 bridgehead atoms. The third-order valence-electron chi connectivity index (χ3n) is 4.19. The Bertz CT molecular complexity index is 480. The molecule has 1 aromatic carbocycles. The molecule has 1 atom stereocenters. The van der Waals surface area contributed by atoms with E-state index < -0.39 is 11.9 Å². The van der Waals surface area contributed by atoms with Crippen LogP contribution >= 0.6 is 0 Å². The Labute approximate surface area is 125 Å². The van der Waals surface area contributed by atoms with Gasteiger partial charge in [0.15, 0.2) is 0 Å². The highest BCUT2D eigenvalue weighted by Crippen LogP contribution is 2.25. The molecule has 0 spiro atoms. The molecule has 1 saturated carbocycles. The second kappa shape index (κ2) is 7.25. The Balaban J connectivity index is 2.18. The average molecular weight is 289 g/mol. The van der Waals surface area contributed by atoms with E-state index in [1.54, 1.807) is 24.0 Å². The van der Waals surface area contributed by atoms with E-state index >= 15 is 0 Å². The van der Waals surface area contributed by atoms with Crippen LogP contribution in [0.1, 0.15) is 49.4 Å². The molecular formula is C17H23NO3. The van der Waals surface area contributed by atoms with E-state index in [1.807, 2.05) is 18.2 Å². The molecule has 4 heteroatoms. The first kappa shape index (κ1) is 15.5. The number of carbonyl (C=O) groups excluding carboxylic acids is 1. The predicted octanol–water partition coefficient (Wildman–Crippen LogP) is 3.18. The number of hydrogen-bond acceptors (Lipinski definition) is 2. The average Bonchev–Trinajstić information content (AvgIpc) is 2.53. The quantitative estimate of drug-likeness (QED) is 0.905. The molecule has 1 aliphatic carbocycles. The molecular weight excluding hydrogens is 266 g/mol. The minimum Gasteiger partial charge on any atom is -0.481 e. The van der Waals surface area contributed by atoms with Gasteiger partial charge in [-0.2, -0.15) is 0 Å². The van der Waals surface area contributed by atoms with Gasteiger partial charge in [-0.25, -0.2) is 0 Å². The van der Waals surface area contributed by atoms with Crippen molar-refractivity contribution in [3.63, 3.8) is 0 Å². The van der Waals surface area contributed by atoms with Gasteiger partial charge in [-0.3, -0.25) is 9.59 Å². The summed E-state index contributed by atoms with van der Waals surface area (Å²) in [5, 5.41) is 9.14. The standard InChI is InChI=1S/C17H23NO3/c1-13(17(20)21)12-18(15-10-6-3-7-11-15)16(19)14-8-4-2-5-9-14/h2,4-5,8-9,13,15H,3,6-7,10-12H2,1H3,(H,20,21). The van der Waals surface area contributed by atoms with Gasteiger partial charge >= 0.3 is 5.97 Å². The lowest BCUT2D eigenvalue weighted by Crippen LogP contribution is -2.45. The molecule has 0 aromatic heterocycles. The summed E-state index contributed by atoms with van der Waals surface area (Å²) in [5.74, 6) is -1.44. The highest BCUT2D eigenvalue weighted by molar-refractivity contribution is 5.94. The van der Waals surface area contributed by atoms with Gasteiger partial charge in [0, 0.05) is 18.2 Å². The summed E-state index contributed by atoms with van der Waals surface area (Å²) in [4.78, 5) is 25.7. The summed E-state index contributed by atoms with van der Waals surface area (Å²) in [5.41, 5.74) is 0.640. The third kappa shape index (κ3) is 4.06. The van der Waals surface area contributed by atoms with Crippen LogP contribution in [-0.2, 0) is 4.79 Å². The maximum atomic E-state index is 12.7. The fourth-order valence-corrected chi connectivity index (χ4v) is 2.91. The highest BCUT2D eigenvalue weighted by atomic mass is 16.4. The van der Waals surface area contributed by atoms with Crippen LogP contribution in [0, 0.1) is 5.92 Å². The van der Waals surface area contributed by atoms with Crippen molar-refractivity contribution in [3.8, 4) is 0 Å². The molecule has 0 saturated heterocycles. The Morgan fingerprint density at radius 3 is 2.38 bits per heavy atom. The molecule has 2 rings (SSSR count). The minimum absolute atomic E-state index is 0.0457. The van der Waals surface area contributed by atoms with Crippen LogP contribution in [0.4, 0.5) is 0 Å². The zero-order valence-electron chi connectivity index (χ0n) is 12.5. The number of carbonyl (C=O) groups is 2. The van der Waals surface area contributed by atoms with Crippen molar-refractivity contribution in [2.24, 2.45) is 5.92 Å². The first-order valence-corrected chi connectivity index (χ1v) is 7.68. The Hall–Kier alpha value is -1.84. The van der Waals surface area contributed by atoms with Crippen LogP contribution in [0.15, 0.2) is 30.3 Å². The second-order valence-corrected chi connectivity index (χ2v) is 5.85. The van der Waals surface area contributed by atoms with Crippen LogP contribution < -0.4 is 0 Å². The molecule has 114 valence electrons. The van der Waals surface area contributed by atoms with Gasteiger partial charge in [0.2, 0.25) is 0 Å². The summed E-state index contributed by atoms with van der Waals surface area (Å²) >= 11 is 0. The maximum Gasteiger partial charge on any atom is 0.308 e. The third-order valence-corrected chi connectivity index (χ3v) is 4.19. The van der Waals surface area contributed by atoms with E-state index in [2.05, 4.69) is 0 Å². The van der Waals surface area contributed by atoms with Crippen molar-refractivity contribution in [1.29, 1.82) is 0 Å². The minimum atomic E-state index is -0.850. The number of carboxylic acid groups (broad SMARTS) is 1. The molecule has 1 aromatic rings. The van der Waals surface area contributed by atoms with Crippen molar-refractivity contribution < 1.29 is 14.7 Å². The van der Waals surface area contributed by atoms with Crippen LogP contribution in [0.2, 0.25) is 0 Å². The van der Waals surface area contributed by atoms with Crippen molar-refractivity contribution in [2.45, 2.75) is 45.1 Å². The zero-order chi connectivity index (χ0) is 15.2. The van der Waals surface area contributed by atoms with E-state index in [4.69, 9.17) is 5.11 Å². The fraction of sp³-hybridized carbons (Fsp3) is 0.529. The molecule has 1 aliphatic rings. The van der Waals surface area contributed by atoms with Crippen LogP contribution in [0.5, 0.6) is 0 Å². The monoisotopic (exact) mass is 289 g/mol. The second-order valence-electron chi connectivity index (χ2n) is 5.85. The largest absolute Gasteiger partial charge is 0.481 e. The SMILES string of the molecule is CC(CN(C(=O)c1ccccc1)C1CCCCC1)C(=O)O. The highest BCUT2D eigenvalue weighted by Gasteiger charge is 2.29. The summed E-state index contributed by atoms with van der Waals surface area (Å²) in [6.07, 6.45) is 5.39. The summed E-state index contributed by atoms with van der Waals surface area (Å²) in [6.45, 7) is 1.95. The number of hydrogen-bond donors (Lipinski definition) is 1. The van der Waals surface area contributed by atoms with Gasteiger partial charge in [-0.05, 0) is 25.0 Å². The van der Waals surface area contributed by atoms with Crippen LogP contribution in [0.3, 0.4) is 0 Å². The topological polar surface area (TPSA) is 57.6 Å². The summed E-state index contributed by atoms with van der Waals surface area (Å²) in [6, 6.07) is 9.32.